The minimum atomic E-state index is -1.18. The fraction of sp³-hybridized carbons (Fsp3) is 0.125. The van der Waals surface area contributed by atoms with Crippen molar-refractivity contribution >= 4 is 35.7 Å². The van der Waals surface area contributed by atoms with E-state index >= 15 is 0 Å². The lowest BCUT2D eigenvalue weighted by Gasteiger charge is -2.11. The SMILES string of the molecule is CC(C)n1cnnc1-c1cccc(NC(=O)c2cc(NC(=O)c3ccc(F)c(F)c3)ccc2F)n1.Cl. The normalized spacial score (nSPS) is 10.6. The molecule has 2 aromatic heterocycles. The Balaban J connectivity index is 0.00000361. The minimum absolute atomic E-state index is 0. The molecule has 2 N–H and O–H groups in total. The maximum Gasteiger partial charge on any atom is 0.259 e. The van der Waals surface area contributed by atoms with Crippen LogP contribution in [0, 0.1) is 17.5 Å². The highest BCUT2D eigenvalue weighted by molar-refractivity contribution is 6.07. The first kappa shape index (κ1) is 26.4. The van der Waals surface area contributed by atoms with Crippen LogP contribution in [0.4, 0.5) is 24.7 Å². The number of nitrogens with one attached hydrogen (secondary N) is 2. The van der Waals surface area contributed by atoms with Gasteiger partial charge >= 0.3 is 0 Å². The second-order valence-electron chi connectivity index (χ2n) is 7.80. The first-order valence-electron chi connectivity index (χ1n) is 10.5. The first-order valence-corrected chi connectivity index (χ1v) is 10.5. The molecule has 36 heavy (non-hydrogen) atoms. The van der Waals surface area contributed by atoms with E-state index in [0.29, 0.717) is 11.5 Å². The van der Waals surface area contributed by atoms with E-state index in [0.717, 1.165) is 30.3 Å². The Bertz CT molecular complexity index is 1430. The van der Waals surface area contributed by atoms with Crippen LogP contribution < -0.4 is 10.6 Å². The lowest BCUT2D eigenvalue weighted by molar-refractivity contribution is 0.101. The van der Waals surface area contributed by atoms with Gasteiger partial charge in [-0.3, -0.25) is 9.59 Å². The molecule has 12 heteroatoms. The van der Waals surface area contributed by atoms with Gasteiger partial charge in [0, 0.05) is 17.3 Å². The van der Waals surface area contributed by atoms with E-state index in [-0.39, 0.29) is 41.1 Å². The van der Waals surface area contributed by atoms with Crippen LogP contribution in [0.5, 0.6) is 0 Å². The van der Waals surface area contributed by atoms with Crippen LogP contribution in [-0.4, -0.2) is 31.6 Å². The van der Waals surface area contributed by atoms with E-state index in [1.54, 1.807) is 18.5 Å². The fourth-order valence-corrected chi connectivity index (χ4v) is 3.23. The molecule has 2 amide bonds. The summed E-state index contributed by atoms with van der Waals surface area (Å²) in [7, 11) is 0. The Hall–Kier alpha value is -4.25. The summed E-state index contributed by atoms with van der Waals surface area (Å²) in [6, 6.07) is 11.0. The van der Waals surface area contributed by atoms with Crippen molar-refractivity contribution in [2.45, 2.75) is 19.9 Å². The molecule has 4 rings (SSSR count). The summed E-state index contributed by atoms with van der Waals surface area (Å²) in [6.07, 6.45) is 1.57. The van der Waals surface area contributed by atoms with Gasteiger partial charge in [-0.15, -0.1) is 22.6 Å². The molecule has 4 aromatic rings. The molecule has 186 valence electrons. The van der Waals surface area contributed by atoms with Crippen molar-refractivity contribution in [2.75, 3.05) is 10.6 Å². The molecule has 0 bridgehead atoms. The lowest BCUT2D eigenvalue weighted by Crippen LogP contribution is -2.17. The monoisotopic (exact) mass is 516 g/mol. The van der Waals surface area contributed by atoms with Crippen molar-refractivity contribution in [3.05, 3.63) is 89.5 Å². The molecule has 8 nitrogen and oxygen atoms in total. The van der Waals surface area contributed by atoms with Gasteiger partial charge in [0.1, 0.15) is 23.7 Å². The summed E-state index contributed by atoms with van der Waals surface area (Å²) in [5.74, 6) is -4.01. The van der Waals surface area contributed by atoms with Crippen LogP contribution >= 0.6 is 12.4 Å². The van der Waals surface area contributed by atoms with Gasteiger partial charge in [-0.2, -0.15) is 0 Å². The summed E-state index contributed by atoms with van der Waals surface area (Å²) in [5.41, 5.74) is 0.0418. The van der Waals surface area contributed by atoms with Crippen molar-refractivity contribution in [1.29, 1.82) is 0 Å². The first-order chi connectivity index (χ1) is 16.7. The molecule has 0 saturated carbocycles. The van der Waals surface area contributed by atoms with E-state index in [2.05, 4.69) is 25.8 Å². The highest BCUT2D eigenvalue weighted by atomic mass is 35.5. The van der Waals surface area contributed by atoms with Gasteiger partial charge < -0.3 is 15.2 Å². The van der Waals surface area contributed by atoms with E-state index in [9.17, 15) is 22.8 Å². The zero-order valence-corrected chi connectivity index (χ0v) is 19.8. The lowest BCUT2D eigenvalue weighted by atomic mass is 10.1. The largest absolute Gasteiger partial charge is 0.322 e. The molecule has 0 fully saturated rings. The minimum Gasteiger partial charge on any atom is -0.322 e. The third-order valence-corrected chi connectivity index (χ3v) is 5.00. The zero-order chi connectivity index (χ0) is 25.1. The molecular formula is C24H20ClF3N6O2. The predicted octanol–water partition coefficient (Wildman–Crippen LogP) is 5.26. The van der Waals surface area contributed by atoms with Gasteiger partial charge in [0.15, 0.2) is 17.5 Å². The maximum atomic E-state index is 14.4. The molecule has 2 heterocycles. The van der Waals surface area contributed by atoms with E-state index in [4.69, 9.17) is 0 Å². The number of hydrogen-bond acceptors (Lipinski definition) is 5. The Labute approximate surface area is 210 Å². The molecule has 0 radical (unpaired) electrons. The highest BCUT2D eigenvalue weighted by Gasteiger charge is 2.17. The Kier molecular flexibility index (Phi) is 8.05. The van der Waals surface area contributed by atoms with Crippen molar-refractivity contribution in [3.8, 4) is 11.5 Å². The third kappa shape index (κ3) is 5.69. The standard InChI is InChI=1S/C24H19F3N6O2.ClH/c1-13(2)33-12-28-32-22(33)20-4-3-5-21(30-20)31-24(35)16-11-15(7-9-17(16)25)29-23(34)14-6-8-18(26)19(27)10-14;/h3-13H,1-2H3,(H,29,34)(H,30,31,35);1H. The van der Waals surface area contributed by atoms with E-state index < -0.39 is 29.3 Å². The molecule has 0 atom stereocenters. The van der Waals surface area contributed by atoms with Crippen molar-refractivity contribution in [2.24, 2.45) is 0 Å². The summed E-state index contributed by atoms with van der Waals surface area (Å²) in [4.78, 5) is 29.5. The molecule has 0 saturated heterocycles. The smallest absolute Gasteiger partial charge is 0.259 e. The van der Waals surface area contributed by atoms with Crippen molar-refractivity contribution < 1.29 is 22.8 Å². The summed E-state index contributed by atoms with van der Waals surface area (Å²) >= 11 is 0. The van der Waals surface area contributed by atoms with Crippen molar-refractivity contribution in [1.82, 2.24) is 19.7 Å². The van der Waals surface area contributed by atoms with E-state index in [1.165, 1.54) is 12.1 Å². The van der Waals surface area contributed by atoms with Crippen molar-refractivity contribution in [3.63, 3.8) is 0 Å². The van der Waals surface area contributed by atoms with Crippen LogP contribution in [-0.2, 0) is 0 Å². The van der Waals surface area contributed by atoms with Gasteiger partial charge in [-0.25, -0.2) is 18.2 Å². The fourth-order valence-electron chi connectivity index (χ4n) is 3.23. The number of benzene rings is 2. The average Bonchev–Trinajstić information content (AvgIpc) is 3.33. The number of carbonyl (C=O) groups is 2. The van der Waals surface area contributed by atoms with Crippen LogP contribution in [0.15, 0.2) is 60.9 Å². The van der Waals surface area contributed by atoms with Crippen LogP contribution in [0.25, 0.3) is 11.5 Å². The van der Waals surface area contributed by atoms with E-state index in [1.807, 2.05) is 18.4 Å². The molecule has 0 aliphatic rings. The molecule has 0 spiro atoms. The van der Waals surface area contributed by atoms with Crippen LogP contribution in [0.1, 0.15) is 40.6 Å². The number of nitrogens with zero attached hydrogens (tertiary/aromatic N) is 4. The van der Waals surface area contributed by atoms with Gasteiger partial charge in [-0.05, 0) is 62.4 Å². The van der Waals surface area contributed by atoms with Crippen LogP contribution in [0.3, 0.4) is 0 Å². The van der Waals surface area contributed by atoms with Crippen LogP contribution in [0.2, 0.25) is 0 Å². The number of pyridine rings is 1. The topological polar surface area (TPSA) is 102 Å². The number of halogens is 4. The molecule has 0 aliphatic carbocycles. The Morgan fingerprint density at radius 3 is 2.36 bits per heavy atom. The second kappa shape index (κ2) is 11.0. The molecule has 0 unspecified atom stereocenters. The van der Waals surface area contributed by atoms with Gasteiger partial charge in [0.05, 0.1) is 5.56 Å². The Morgan fingerprint density at radius 2 is 1.64 bits per heavy atom. The third-order valence-electron chi connectivity index (χ3n) is 5.00. The summed E-state index contributed by atoms with van der Waals surface area (Å²) in [6.45, 7) is 3.92. The number of anilines is 2. The highest BCUT2D eigenvalue weighted by Crippen LogP contribution is 2.21. The number of amides is 2. The molecule has 0 aliphatic heterocycles. The summed E-state index contributed by atoms with van der Waals surface area (Å²) in [5, 5.41) is 12.9. The van der Waals surface area contributed by atoms with Gasteiger partial charge in [0.2, 0.25) is 0 Å². The van der Waals surface area contributed by atoms with Gasteiger partial charge in [0.25, 0.3) is 11.8 Å². The number of aromatic nitrogens is 4. The Morgan fingerprint density at radius 1 is 0.889 bits per heavy atom. The number of carbonyl (C=O) groups excluding carboxylic acids is 2. The molecule has 2 aromatic carbocycles. The van der Waals surface area contributed by atoms with Gasteiger partial charge in [-0.1, -0.05) is 6.07 Å². The number of hydrogen-bond donors (Lipinski definition) is 2. The maximum absolute atomic E-state index is 14.4. The quantitative estimate of drug-likeness (QED) is 0.364. The second-order valence-corrected chi connectivity index (χ2v) is 7.80. The average molecular weight is 517 g/mol. The predicted molar refractivity (Wildman–Crippen MR) is 130 cm³/mol. The summed E-state index contributed by atoms with van der Waals surface area (Å²) < 4.78 is 42.8. The zero-order valence-electron chi connectivity index (χ0n) is 19.0. The molecular weight excluding hydrogens is 497 g/mol. The number of rotatable bonds is 6.